The molecule has 2 rings (SSSR count). The summed E-state index contributed by atoms with van der Waals surface area (Å²) in [6.07, 6.45) is 1.97. The first-order valence-corrected chi connectivity index (χ1v) is 7.78. The Morgan fingerprint density at radius 1 is 1.40 bits per heavy atom. The van der Waals surface area contributed by atoms with Crippen molar-refractivity contribution in [3.05, 3.63) is 34.3 Å². The van der Waals surface area contributed by atoms with E-state index in [0.29, 0.717) is 6.61 Å². The van der Waals surface area contributed by atoms with Gasteiger partial charge in [0.1, 0.15) is 0 Å². The van der Waals surface area contributed by atoms with Gasteiger partial charge in [0.2, 0.25) is 0 Å². The van der Waals surface area contributed by atoms with Gasteiger partial charge in [0.25, 0.3) is 0 Å². The number of nitrogens with one attached hydrogen (secondary N) is 2. The maximum atomic E-state index is 12.0. The Labute approximate surface area is 128 Å². The Bertz CT molecular complexity index is 450. The van der Waals surface area contributed by atoms with E-state index in [2.05, 4.69) is 26.6 Å². The molecule has 0 saturated carbocycles. The molecule has 1 aliphatic rings. The number of hydrogen-bond acceptors (Lipinski definition) is 2. The Hall–Kier alpha value is -1.07. The second kappa shape index (κ2) is 7.09. The quantitative estimate of drug-likeness (QED) is 0.886. The molecule has 0 aliphatic carbocycles. The number of carbonyl (C=O) groups excluding carboxylic acids is 1. The third-order valence-corrected chi connectivity index (χ3v) is 4.07. The van der Waals surface area contributed by atoms with E-state index in [-0.39, 0.29) is 24.2 Å². The van der Waals surface area contributed by atoms with Crippen LogP contribution in [0.25, 0.3) is 0 Å². The predicted molar refractivity (Wildman–Crippen MR) is 82.7 cm³/mol. The minimum atomic E-state index is -0.112. The number of urea groups is 1. The van der Waals surface area contributed by atoms with Crippen LogP contribution >= 0.6 is 15.9 Å². The van der Waals surface area contributed by atoms with Gasteiger partial charge >= 0.3 is 6.03 Å². The van der Waals surface area contributed by atoms with Gasteiger partial charge in [-0.1, -0.05) is 28.1 Å². The molecule has 1 aromatic rings. The van der Waals surface area contributed by atoms with Crippen molar-refractivity contribution in [2.45, 2.75) is 44.9 Å². The summed E-state index contributed by atoms with van der Waals surface area (Å²) in [7, 11) is 0. The molecule has 3 atom stereocenters. The van der Waals surface area contributed by atoms with Crippen LogP contribution in [0.15, 0.2) is 28.7 Å². The van der Waals surface area contributed by atoms with Crippen LogP contribution in [0.5, 0.6) is 0 Å². The fraction of sp³-hybridized carbons (Fsp3) is 0.533. The summed E-state index contributed by atoms with van der Waals surface area (Å²) in [4.78, 5) is 12.0. The van der Waals surface area contributed by atoms with Gasteiger partial charge in [-0.05, 0) is 44.4 Å². The maximum absolute atomic E-state index is 12.0. The van der Waals surface area contributed by atoms with E-state index in [0.717, 1.165) is 22.9 Å². The van der Waals surface area contributed by atoms with Crippen LogP contribution in [0.4, 0.5) is 4.79 Å². The first-order valence-electron chi connectivity index (χ1n) is 6.98. The lowest BCUT2D eigenvalue weighted by Gasteiger charge is -2.28. The van der Waals surface area contributed by atoms with E-state index < -0.39 is 0 Å². The average molecular weight is 341 g/mol. The van der Waals surface area contributed by atoms with Gasteiger partial charge in [-0.15, -0.1) is 0 Å². The monoisotopic (exact) mass is 340 g/mol. The SMILES string of the molecule is CC1CC(NC(=O)N[C@H](C)c2ccc(Br)cc2)CCO1. The zero-order chi connectivity index (χ0) is 14.5. The van der Waals surface area contributed by atoms with Crippen molar-refractivity contribution in [2.75, 3.05) is 6.61 Å². The molecule has 2 unspecified atom stereocenters. The van der Waals surface area contributed by atoms with Crippen molar-refractivity contribution in [3.8, 4) is 0 Å². The van der Waals surface area contributed by atoms with Crippen LogP contribution in [-0.2, 0) is 4.74 Å². The van der Waals surface area contributed by atoms with Crippen LogP contribution in [0.1, 0.15) is 38.3 Å². The normalized spacial score (nSPS) is 23.9. The molecule has 1 fully saturated rings. The highest BCUT2D eigenvalue weighted by Crippen LogP contribution is 2.17. The van der Waals surface area contributed by atoms with E-state index in [1.54, 1.807) is 0 Å². The minimum Gasteiger partial charge on any atom is -0.378 e. The number of benzene rings is 1. The number of halogens is 1. The summed E-state index contributed by atoms with van der Waals surface area (Å²) in [5, 5.41) is 5.99. The van der Waals surface area contributed by atoms with Crippen molar-refractivity contribution < 1.29 is 9.53 Å². The molecule has 2 amide bonds. The van der Waals surface area contributed by atoms with Crippen LogP contribution in [-0.4, -0.2) is 24.8 Å². The van der Waals surface area contributed by atoms with Gasteiger partial charge in [0.05, 0.1) is 12.1 Å². The molecule has 1 saturated heterocycles. The molecule has 0 bridgehead atoms. The largest absolute Gasteiger partial charge is 0.378 e. The average Bonchev–Trinajstić information content (AvgIpc) is 2.39. The van der Waals surface area contributed by atoms with Gasteiger partial charge in [-0.25, -0.2) is 4.79 Å². The van der Waals surface area contributed by atoms with Gasteiger partial charge in [-0.3, -0.25) is 0 Å². The lowest BCUT2D eigenvalue weighted by Crippen LogP contribution is -2.46. The molecule has 1 heterocycles. The lowest BCUT2D eigenvalue weighted by molar-refractivity contribution is 0.0153. The van der Waals surface area contributed by atoms with E-state index in [9.17, 15) is 4.79 Å². The summed E-state index contributed by atoms with van der Waals surface area (Å²) < 4.78 is 6.51. The van der Waals surface area contributed by atoms with Crippen LogP contribution in [0, 0.1) is 0 Å². The molecule has 0 aromatic heterocycles. The van der Waals surface area contributed by atoms with E-state index in [1.807, 2.05) is 38.1 Å². The molecular formula is C15H21BrN2O2. The fourth-order valence-corrected chi connectivity index (χ4v) is 2.65. The smallest absolute Gasteiger partial charge is 0.315 e. The summed E-state index contributed by atoms with van der Waals surface area (Å²) in [5.41, 5.74) is 1.09. The molecule has 0 radical (unpaired) electrons. The topological polar surface area (TPSA) is 50.4 Å². The van der Waals surface area contributed by atoms with Gasteiger partial charge in [0, 0.05) is 17.1 Å². The number of carbonyl (C=O) groups is 1. The molecular weight excluding hydrogens is 320 g/mol. The predicted octanol–water partition coefficient (Wildman–Crippen LogP) is 3.38. The third kappa shape index (κ3) is 4.49. The zero-order valence-electron chi connectivity index (χ0n) is 11.9. The molecule has 4 nitrogen and oxygen atoms in total. The third-order valence-electron chi connectivity index (χ3n) is 3.54. The highest BCUT2D eigenvalue weighted by atomic mass is 79.9. The number of amides is 2. The maximum Gasteiger partial charge on any atom is 0.315 e. The van der Waals surface area contributed by atoms with Crippen molar-refractivity contribution in [1.29, 1.82) is 0 Å². The number of hydrogen-bond donors (Lipinski definition) is 2. The summed E-state index contributed by atoms with van der Waals surface area (Å²) >= 11 is 3.41. The zero-order valence-corrected chi connectivity index (χ0v) is 13.4. The van der Waals surface area contributed by atoms with Crippen molar-refractivity contribution >= 4 is 22.0 Å². The summed E-state index contributed by atoms with van der Waals surface area (Å²) in [6, 6.07) is 8.05. The molecule has 1 aromatic carbocycles. The van der Waals surface area contributed by atoms with E-state index in [1.165, 1.54) is 0 Å². The molecule has 2 N–H and O–H groups in total. The Balaban J connectivity index is 1.83. The van der Waals surface area contributed by atoms with Crippen LogP contribution in [0.3, 0.4) is 0 Å². The Kier molecular flexibility index (Phi) is 5.43. The Morgan fingerprint density at radius 3 is 2.75 bits per heavy atom. The van der Waals surface area contributed by atoms with Gasteiger partial charge < -0.3 is 15.4 Å². The van der Waals surface area contributed by atoms with Crippen LogP contribution in [0.2, 0.25) is 0 Å². The van der Waals surface area contributed by atoms with Crippen molar-refractivity contribution in [3.63, 3.8) is 0 Å². The van der Waals surface area contributed by atoms with Gasteiger partial charge in [0.15, 0.2) is 0 Å². The fourth-order valence-electron chi connectivity index (χ4n) is 2.39. The summed E-state index contributed by atoms with van der Waals surface area (Å²) in [5.74, 6) is 0. The highest BCUT2D eigenvalue weighted by Gasteiger charge is 2.21. The Morgan fingerprint density at radius 2 is 2.10 bits per heavy atom. The second-order valence-electron chi connectivity index (χ2n) is 5.29. The van der Waals surface area contributed by atoms with E-state index >= 15 is 0 Å². The number of rotatable bonds is 3. The first-order chi connectivity index (χ1) is 9.54. The van der Waals surface area contributed by atoms with E-state index in [4.69, 9.17) is 4.74 Å². The molecule has 110 valence electrons. The second-order valence-corrected chi connectivity index (χ2v) is 6.21. The highest BCUT2D eigenvalue weighted by molar-refractivity contribution is 9.10. The van der Waals surface area contributed by atoms with Crippen molar-refractivity contribution in [1.82, 2.24) is 10.6 Å². The standard InChI is InChI=1S/C15H21BrN2O2/c1-10-9-14(7-8-20-10)18-15(19)17-11(2)12-3-5-13(16)6-4-12/h3-6,10-11,14H,7-9H2,1-2H3,(H2,17,18,19)/t10?,11-,14?/m1/s1. The summed E-state index contributed by atoms with van der Waals surface area (Å²) in [6.45, 7) is 4.74. The minimum absolute atomic E-state index is 0.0136. The lowest BCUT2D eigenvalue weighted by atomic mass is 10.0. The molecule has 5 heteroatoms. The first kappa shape index (κ1) is 15.3. The van der Waals surface area contributed by atoms with Crippen molar-refractivity contribution in [2.24, 2.45) is 0 Å². The van der Waals surface area contributed by atoms with Gasteiger partial charge in [-0.2, -0.15) is 0 Å². The number of ether oxygens (including phenoxy) is 1. The van der Waals surface area contributed by atoms with Crippen LogP contribution < -0.4 is 10.6 Å². The molecule has 20 heavy (non-hydrogen) atoms. The molecule has 0 spiro atoms. The molecule has 1 aliphatic heterocycles.